The summed E-state index contributed by atoms with van der Waals surface area (Å²) in [7, 11) is 1.58. The number of nitrogens with two attached hydrogens (primary N) is 1. The van der Waals surface area contributed by atoms with Crippen LogP contribution in [0, 0.1) is 5.82 Å². The number of thiazole rings is 1. The number of carbonyl (C=O) groups excluding carboxylic acids is 3. The lowest BCUT2D eigenvalue weighted by Gasteiger charge is -2.45. The number of para-hydroxylation sites is 1. The Morgan fingerprint density at radius 3 is 2.80 bits per heavy atom. The van der Waals surface area contributed by atoms with Gasteiger partial charge in [0.05, 0.1) is 29.6 Å². The number of benzene rings is 2. The summed E-state index contributed by atoms with van der Waals surface area (Å²) in [5.41, 5.74) is 9.00. The van der Waals surface area contributed by atoms with Crippen molar-refractivity contribution >= 4 is 44.5 Å². The Bertz CT molecular complexity index is 1590. The zero-order valence-electron chi connectivity index (χ0n) is 22.2. The Balaban J connectivity index is 1.26. The van der Waals surface area contributed by atoms with Gasteiger partial charge in [0, 0.05) is 38.4 Å². The van der Waals surface area contributed by atoms with E-state index in [4.69, 9.17) is 5.73 Å². The van der Waals surface area contributed by atoms with Gasteiger partial charge in [-0.05, 0) is 29.3 Å². The maximum atomic E-state index is 13.9. The molecule has 41 heavy (non-hydrogen) atoms. The van der Waals surface area contributed by atoms with E-state index in [1.54, 1.807) is 40.2 Å². The summed E-state index contributed by atoms with van der Waals surface area (Å²) in [4.78, 5) is 55.2. The molecule has 14 heteroatoms. The van der Waals surface area contributed by atoms with E-state index < -0.39 is 18.2 Å². The number of nitrogen functional groups attached to an aromatic ring is 1. The number of hydrazine groups is 1. The Hall–Kier alpha value is -4.56. The number of anilines is 1. The predicted octanol–water partition coefficient (Wildman–Crippen LogP) is 1.92. The normalized spacial score (nSPS) is 19.2. The first-order chi connectivity index (χ1) is 19.8. The molecule has 0 spiro atoms. The van der Waals surface area contributed by atoms with Crippen molar-refractivity contribution in [3.05, 3.63) is 77.6 Å². The first kappa shape index (κ1) is 26.7. The molecule has 2 aliphatic heterocycles. The average molecular weight is 578 g/mol. The molecule has 2 fully saturated rings. The van der Waals surface area contributed by atoms with Crippen molar-refractivity contribution in [2.45, 2.75) is 31.7 Å². The molecule has 2 aliphatic rings. The molecule has 2 atom stereocenters. The molecule has 0 aliphatic carbocycles. The van der Waals surface area contributed by atoms with Gasteiger partial charge in [-0.25, -0.2) is 19.2 Å². The molecule has 4 amide bonds. The van der Waals surface area contributed by atoms with Crippen LogP contribution in [0.25, 0.3) is 10.2 Å². The fraction of sp³-hybridized carbons (Fsp3) is 0.296. The van der Waals surface area contributed by atoms with Crippen molar-refractivity contribution in [3.63, 3.8) is 0 Å². The summed E-state index contributed by atoms with van der Waals surface area (Å²) in [6.07, 6.45) is 2.84. The van der Waals surface area contributed by atoms with E-state index in [-0.39, 0.29) is 50.2 Å². The van der Waals surface area contributed by atoms with E-state index in [1.165, 1.54) is 34.8 Å². The molecular formula is C27H28FN9O3S. The number of hydrogen-bond acceptors (Lipinski definition) is 8. The molecule has 12 nitrogen and oxygen atoms in total. The lowest BCUT2D eigenvalue weighted by atomic mass is 10.0. The molecule has 2 saturated heterocycles. The molecule has 0 bridgehead atoms. The molecule has 0 saturated carbocycles. The van der Waals surface area contributed by atoms with Crippen molar-refractivity contribution in [1.29, 1.82) is 0 Å². The maximum absolute atomic E-state index is 13.9. The van der Waals surface area contributed by atoms with Crippen LogP contribution < -0.4 is 11.1 Å². The summed E-state index contributed by atoms with van der Waals surface area (Å²) < 4.78 is 14.2. The number of H-pyrrole nitrogens is 1. The summed E-state index contributed by atoms with van der Waals surface area (Å²) in [5, 5.41) is 6.30. The Labute approximate surface area is 238 Å². The standard InChI is InChI=1S/C27H28FN9O3S/c1-34(27(40)31-10-16-5-7-18(28)8-6-16)36-14-23(38)37-20(9-19-11-30-15-32-19)25(39)35(13-22(36)37)12-17-3-2-4-21-24(17)33-26(29)41-21/h2-8,11,15,20,22H,9-10,12-14H2,1H3,(H2,29,33)(H,30,32)(H,31,40)/t20-,22+/m0/s1. The molecule has 4 N–H and O–H groups in total. The highest BCUT2D eigenvalue weighted by Crippen LogP contribution is 2.32. The zero-order valence-corrected chi connectivity index (χ0v) is 23.0. The maximum Gasteiger partial charge on any atom is 0.332 e. The SMILES string of the molecule is CN(C(=O)NCc1ccc(F)cc1)N1CC(=O)N2[C@@H](Cc3cnc[nH]3)C(=O)N(Cc3cccc4sc(N)nc34)C[C@@H]21. The second-order valence-corrected chi connectivity index (χ2v) is 11.1. The van der Waals surface area contributed by atoms with Gasteiger partial charge in [0.15, 0.2) is 5.13 Å². The van der Waals surface area contributed by atoms with Gasteiger partial charge in [0.2, 0.25) is 11.8 Å². The van der Waals surface area contributed by atoms with Crippen LogP contribution in [0.15, 0.2) is 55.0 Å². The summed E-state index contributed by atoms with van der Waals surface area (Å²) in [5.74, 6) is -0.807. The number of urea groups is 1. The number of nitrogens with zero attached hydrogens (tertiary/aromatic N) is 6. The molecule has 6 rings (SSSR count). The third kappa shape index (κ3) is 5.18. The molecule has 4 heterocycles. The van der Waals surface area contributed by atoms with Gasteiger partial charge in [0.1, 0.15) is 18.0 Å². The molecule has 2 aromatic carbocycles. The summed E-state index contributed by atoms with van der Waals surface area (Å²) >= 11 is 1.38. The van der Waals surface area contributed by atoms with Crippen LogP contribution >= 0.6 is 11.3 Å². The predicted molar refractivity (Wildman–Crippen MR) is 149 cm³/mol. The number of amides is 4. The summed E-state index contributed by atoms with van der Waals surface area (Å²) in [6.45, 7) is 0.582. The number of rotatable bonds is 7. The lowest BCUT2D eigenvalue weighted by molar-refractivity contribution is -0.157. The number of aromatic nitrogens is 3. The van der Waals surface area contributed by atoms with Gasteiger partial charge in [-0.1, -0.05) is 35.6 Å². The van der Waals surface area contributed by atoms with E-state index in [9.17, 15) is 18.8 Å². The van der Waals surface area contributed by atoms with E-state index >= 15 is 0 Å². The monoisotopic (exact) mass is 577 g/mol. The van der Waals surface area contributed by atoms with Crippen molar-refractivity contribution in [2.75, 3.05) is 25.9 Å². The number of piperazine rings is 1. The quantitative estimate of drug-likeness (QED) is 0.305. The number of fused-ring (bicyclic) bond motifs is 2. The highest BCUT2D eigenvalue weighted by molar-refractivity contribution is 7.22. The van der Waals surface area contributed by atoms with Crippen LogP contribution in [-0.2, 0) is 29.1 Å². The topological polar surface area (TPSA) is 144 Å². The Kier molecular flexibility index (Phi) is 7.01. The van der Waals surface area contributed by atoms with Crippen LogP contribution in [0.2, 0.25) is 0 Å². The van der Waals surface area contributed by atoms with E-state index in [0.29, 0.717) is 5.13 Å². The van der Waals surface area contributed by atoms with Gasteiger partial charge < -0.3 is 25.8 Å². The molecule has 4 aromatic rings. The lowest BCUT2D eigenvalue weighted by Crippen LogP contribution is -2.65. The molecule has 212 valence electrons. The van der Waals surface area contributed by atoms with Crippen LogP contribution in [0.4, 0.5) is 14.3 Å². The number of carbonyl (C=O) groups is 3. The van der Waals surface area contributed by atoms with Crippen LogP contribution in [0.1, 0.15) is 16.8 Å². The third-order valence-electron chi connectivity index (χ3n) is 7.45. The highest BCUT2D eigenvalue weighted by atomic mass is 32.1. The largest absolute Gasteiger partial charge is 0.375 e. The minimum atomic E-state index is -0.790. The van der Waals surface area contributed by atoms with E-state index in [0.717, 1.165) is 27.0 Å². The van der Waals surface area contributed by atoms with Crippen LogP contribution in [-0.4, -0.2) is 85.0 Å². The van der Waals surface area contributed by atoms with Gasteiger partial charge in [-0.2, -0.15) is 5.01 Å². The average Bonchev–Trinajstić information content (AvgIpc) is 3.69. The number of aromatic amines is 1. The Morgan fingerprint density at radius 2 is 2.05 bits per heavy atom. The third-order valence-corrected chi connectivity index (χ3v) is 8.30. The van der Waals surface area contributed by atoms with Gasteiger partial charge in [-0.3, -0.25) is 14.6 Å². The van der Waals surface area contributed by atoms with Gasteiger partial charge >= 0.3 is 6.03 Å². The van der Waals surface area contributed by atoms with Crippen molar-refractivity contribution < 1.29 is 18.8 Å². The minimum Gasteiger partial charge on any atom is -0.375 e. The fourth-order valence-corrected chi connectivity index (χ4v) is 6.20. The van der Waals surface area contributed by atoms with E-state index in [1.807, 2.05) is 18.2 Å². The molecule has 2 aromatic heterocycles. The first-order valence-corrected chi connectivity index (χ1v) is 13.8. The van der Waals surface area contributed by atoms with E-state index in [2.05, 4.69) is 20.3 Å². The number of nitrogens with one attached hydrogen (secondary N) is 2. The van der Waals surface area contributed by atoms with Crippen LogP contribution in [0.5, 0.6) is 0 Å². The van der Waals surface area contributed by atoms with Gasteiger partial charge in [-0.15, -0.1) is 0 Å². The number of hydrogen-bond donors (Lipinski definition) is 3. The Morgan fingerprint density at radius 1 is 1.24 bits per heavy atom. The second kappa shape index (κ2) is 10.8. The smallest absolute Gasteiger partial charge is 0.332 e. The van der Waals surface area contributed by atoms with Crippen LogP contribution in [0.3, 0.4) is 0 Å². The van der Waals surface area contributed by atoms with Crippen molar-refractivity contribution in [2.24, 2.45) is 0 Å². The fourth-order valence-electron chi connectivity index (χ4n) is 5.42. The zero-order chi connectivity index (χ0) is 28.7. The first-order valence-electron chi connectivity index (χ1n) is 13.0. The number of imidazole rings is 1. The van der Waals surface area contributed by atoms with Crippen molar-refractivity contribution in [1.82, 2.24) is 40.1 Å². The van der Waals surface area contributed by atoms with Gasteiger partial charge in [0.25, 0.3) is 0 Å². The second-order valence-electron chi connectivity index (χ2n) is 10.0. The summed E-state index contributed by atoms with van der Waals surface area (Å²) in [6, 6.07) is 10.4. The molecular weight excluding hydrogens is 549 g/mol. The highest BCUT2D eigenvalue weighted by Gasteiger charge is 2.51. The molecule has 0 unspecified atom stereocenters. The van der Waals surface area contributed by atoms with Crippen molar-refractivity contribution in [3.8, 4) is 0 Å². The minimum absolute atomic E-state index is 0.0655. The molecule has 0 radical (unpaired) electrons. The number of halogens is 1.